The summed E-state index contributed by atoms with van der Waals surface area (Å²) in [6, 6.07) is 0. The summed E-state index contributed by atoms with van der Waals surface area (Å²) in [4.78, 5) is 3.98. The van der Waals surface area contributed by atoms with E-state index in [0.29, 0.717) is 5.17 Å². The summed E-state index contributed by atoms with van der Waals surface area (Å²) in [6.07, 6.45) is 6.51. The Balaban J connectivity index is 4.01. The first-order valence-corrected chi connectivity index (χ1v) is 4.07. The molecule has 0 fully saturated rings. The van der Waals surface area contributed by atoms with E-state index in [9.17, 15) is 0 Å². The zero-order valence-corrected chi connectivity index (χ0v) is 8.02. The van der Waals surface area contributed by atoms with Gasteiger partial charge in [-0.1, -0.05) is 30.2 Å². The van der Waals surface area contributed by atoms with Crippen molar-refractivity contribution in [1.82, 2.24) is 0 Å². The average Bonchev–Trinajstić information content (AvgIpc) is 1.86. The minimum Gasteiger partial charge on any atom is -0.245 e. The summed E-state index contributed by atoms with van der Waals surface area (Å²) in [5.41, 5.74) is 1.16. The third kappa shape index (κ3) is 7.34. The van der Waals surface area contributed by atoms with Crippen molar-refractivity contribution in [3.63, 3.8) is 0 Å². The van der Waals surface area contributed by atoms with Gasteiger partial charge in [-0.25, -0.2) is 4.99 Å². The van der Waals surface area contributed by atoms with Crippen LogP contribution in [-0.2, 0) is 0 Å². The van der Waals surface area contributed by atoms with Crippen molar-refractivity contribution in [3.8, 4) is 0 Å². The fourth-order valence-electron chi connectivity index (χ4n) is 0.505. The Labute approximate surface area is 73.5 Å². The molecule has 0 amide bonds. The molecule has 0 aromatic heterocycles. The van der Waals surface area contributed by atoms with Gasteiger partial charge in [-0.15, -0.1) is 0 Å². The molecular weight excluding hydrogens is 158 g/mol. The van der Waals surface area contributed by atoms with E-state index in [-0.39, 0.29) is 0 Å². The summed E-state index contributed by atoms with van der Waals surface area (Å²) >= 11 is 5.73. The lowest BCUT2D eigenvalue weighted by molar-refractivity contribution is 1.21. The molecule has 0 aromatic rings. The molecule has 0 saturated heterocycles. The number of nitrogens with zero attached hydrogens (tertiary/aromatic N) is 1. The predicted octanol–water partition coefficient (Wildman–Crippen LogP) is 3.51. The molecule has 0 bridgehead atoms. The minimum absolute atomic E-state index is 0.537. The van der Waals surface area contributed by atoms with E-state index in [4.69, 9.17) is 11.6 Å². The average molecular weight is 172 g/mol. The lowest BCUT2D eigenvalue weighted by Gasteiger charge is -1.87. The van der Waals surface area contributed by atoms with Crippen LogP contribution >= 0.6 is 11.6 Å². The molecule has 0 aromatic carbocycles. The van der Waals surface area contributed by atoms with Crippen LogP contribution in [0.4, 0.5) is 0 Å². The highest BCUT2D eigenvalue weighted by Crippen LogP contribution is 1.96. The Hall–Kier alpha value is -0.560. The first-order valence-electron chi connectivity index (χ1n) is 3.70. The number of allylic oxidation sites excluding steroid dienone is 3. The third-order valence-electron chi connectivity index (χ3n) is 0.947. The van der Waals surface area contributed by atoms with Crippen molar-refractivity contribution >= 4 is 16.8 Å². The standard InChI is InChI=1S/C9H14ClN/c1-4-5-6-11-9(10)7-8(2)3/h5-7H,4H2,1-3H3/b6-5+,11-9?. The maximum absolute atomic E-state index is 5.73. The molecule has 1 nitrogen and oxygen atoms in total. The van der Waals surface area contributed by atoms with Crippen LogP contribution in [-0.4, -0.2) is 5.17 Å². The molecule has 0 N–H and O–H groups in total. The molecule has 0 aliphatic carbocycles. The number of rotatable bonds is 3. The maximum Gasteiger partial charge on any atom is 0.128 e. The fraction of sp³-hybridized carbons (Fsp3) is 0.444. The minimum atomic E-state index is 0.537. The molecular formula is C9H14ClN. The molecule has 0 heterocycles. The van der Waals surface area contributed by atoms with Crippen molar-refractivity contribution in [2.24, 2.45) is 4.99 Å². The van der Waals surface area contributed by atoms with Crippen LogP contribution in [0.1, 0.15) is 27.2 Å². The van der Waals surface area contributed by atoms with Crippen molar-refractivity contribution in [2.75, 3.05) is 0 Å². The second-order valence-corrected chi connectivity index (χ2v) is 2.85. The summed E-state index contributed by atoms with van der Waals surface area (Å²) < 4.78 is 0. The van der Waals surface area contributed by atoms with E-state index in [2.05, 4.69) is 11.9 Å². The second-order valence-electron chi connectivity index (χ2n) is 2.47. The molecule has 2 heteroatoms. The highest BCUT2D eigenvalue weighted by atomic mass is 35.5. The van der Waals surface area contributed by atoms with E-state index in [1.54, 1.807) is 6.20 Å². The Morgan fingerprint density at radius 1 is 1.45 bits per heavy atom. The third-order valence-corrected chi connectivity index (χ3v) is 1.15. The monoisotopic (exact) mass is 171 g/mol. The lowest BCUT2D eigenvalue weighted by Crippen LogP contribution is -1.78. The van der Waals surface area contributed by atoms with Crippen LogP contribution in [0.5, 0.6) is 0 Å². The van der Waals surface area contributed by atoms with E-state index < -0.39 is 0 Å². The smallest absolute Gasteiger partial charge is 0.128 e. The van der Waals surface area contributed by atoms with Crippen LogP contribution in [0.15, 0.2) is 28.9 Å². The zero-order valence-electron chi connectivity index (χ0n) is 7.26. The molecule has 0 aliphatic heterocycles. The zero-order chi connectivity index (χ0) is 8.69. The van der Waals surface area contributed by atoms with Crippen LogP contribution < -0.4 is 0 Å². The quantitative estimate of drug-likeness (QED) is 0.577. The van der Waals surface area contributed by atoms with Crippen LogP contribution in [0, 0.1) is 0 Å². The highest BCUT2D eigenvalue weighted by molar-refractivity contribution is 6.68. The SMILES string of the molecule is CC/C=C/N=C(Cl)C=C(C)C. The van der Waals surface area contributed by atoms with E-state index in [1.165, 1.54) is 0 Å². The molecule has 0 aliphatic rings. The van der Waals surface area contributed by atoms with Gasteiger partial charge in [-0.2, -0.15) is 0 Å². The molecule has 0 radical (unpaired) electrons. The second kappa shape index (κ2) is 6.17. The predicted molar refractivity (Wildman–Crippen MR) is 52.2 cm³/mol. The van der Waals surface area contributed by atoms with Gasteiger partial charge in [0.2, 0.25) is 0 Å². The van der Waals surface area contributed by atoms with Crippen molar-refractivity contribution in [3.05, 3.63) is 23.9 Å². The Kier molecular flexibility index (Phi) is 5.86. The largest absolute Gasteiger partial charge is 0.245 e. The van der Waals surface area contributed by atoms with Gasteiger partial charge in [0, 0.05) is 6.20 Å². The summed E-state index contributed by atoms with van der Waals surface area (Å²) in [6.45, 7) is 6.03. The normalized spacial score (nSPS) is 12.2. The molecule has 11 heavy (non-hydrogen) atoms. The topological polar surface area (TPSA) is 12.4 Å². The number of aliphatic imine (C=N–C) groups is 1. The first kappa shape index (κ1) is 10.4. The number of hydrogen-bond donors (Lipinski definition) is 0. The molecule has 0 spiro atoms. The Morgan fingerprint density at radius 2 is 2.09 bits per heavy atom. The lowest BCUT2D eigenvalue weighted by atomic mass is 10.3. The van der Waals surface area contributed by atoms with Crippen LogP contribution in [0.2, 0.25) is 0 Å². The van der Waals surface area contributed by atoms with Gasteiger partial charge in [-0.05, 0) is 26.3 Å². The van der Waals surface area contributed by atoms with Crippen molar-refractivity contribution in [1.29, 1.82) is 0 Å². The van der Waals surface area contributed by atoms with Gasteiger partial charge in [0.1, 0.15) is 5.17 Å². The maximum atomic E-state index is 5.73. The van der Waals surface area contributed by atoms with E-state index in [0.717, 1.165) is 12.0 Å². The van der Waals surface area contributed by atoms with Gasteiger partial charge >= 0.3 is 0 Å². The number of hydrogen-bond acceptors (Lipinski definition) is 1. The highest BCUT2D eigenvalue weighted by Gasteiger charge is 1.83. The molecule has 0 atom stereocenters. The van der Waals surface area contributed by atoms with Gasteiger partial charge in [0.25, 0.3) is 0 Å². The van der Waals surface area contributed by atoms with Crippen molar-refractivity contribution in [2.45, 2.75) is 27.2 Å². The summed E-state index contributed by atoms with van der Waals surface area (Å²) in [7, 11) is 0. The van der Waals surface area contributed by atoms with Crippen LogP contribution in [0.25, 0.3) is 0 Å². The summed E-state index contributed by atoms with van der Waals surface area (Å²) in [5.74, 6) is 0. The van der Waals surface area contributed by atoms with E-state index >= 15 is 0 Å². The van der Waals surface area contributed by atoms with Crippen LogP contribution in [0.3, 0.4) is 0 Å². The van der Waals surface area contributed by atoms with Gasteiger partial charge < -0.3 is 0 Å². The van der Waals surface area contributed by atoms with Gasteiger partial charge in [0.15, 0.2) is 0 Å². The molecule has 0 unspecified atom stereocenters. The molecule has 0 rings (SSSR count). The Bertz CT molecular complexity index is 186. The van der Waals surface area contributed by atoms with Gasteiger partial charge in [-0.3, -0.25) is 0 Å². The molecule has 0 saturated carbocycles. The van der Waals surface area contributed by atoms with Crippen molar-refractivity contribution < 1.29 is 0 Å². The number of halogens is 1. The fourth-order valence-corrected chi connectivity index (χ4v) is 0.779. The van der Waals surface area contributed by atoms with E-state index in [1.807, 2.05) is 26.0 Å². The Morgan fingerprint density at radius 3 is 2.55 bits per heavy atom. The molecule has 62 valence electrons. The van der Waals surface area contributed by atoms with Gasteiger partial charge in [0.05, 0.1) is 0 Å². The summed E-state index contributed by atoms with van der Waals surface area (Å²) in [5, 5.41) is 0.537. The first-order chi connectivity index (χ1) is 5.16.